The van der Waals surface area contributed by atoms with Gasteiger partial charge in [-0.3, -0.25) is 0 Å². The summed E-state index contributed by atoms with van der Waals surface area (Å²) in [6, 6.07) is -0.237. The van der Waals surface area contributed by atoms with E-state index in [1.54, 1.807) is 6.92 Å². The van der Waals surface area contributed by atoms with E-state index in [1.165, 1.54) is 11.4 Å². The number of quaternary nitrogens is 1. The van der Waals surface area contributed by atoms with Crippen LogP contribution in [0, 0.1) is 5.82 Å². The molecule has 2 heterocycles. The Bertz CT molecular complexity index is 686. The molecule has 1 saturated heterocycles. The molecule has 0 radical (unpaired) electrons. The molecular formula is C14H23FN3O4S+. The smallest absolute Gasteiger partial charge is 0.358 e. The Kier molecular flexibility index (Phi) is 5.43. The number of piperidine rings is 1. The van der Waals surface area contributed by atoms with Gasteiger partial charge in [-0.05, 0) is 19.8 Å². The molecule has 130 valence electrons. The number of aromatic nitrogens is 1. The van der Waals surface area contributed by atoms with Gasteiger partial charge in [0.2, 0.25) is 10.0 Å². The highest BCUT2D eigenvalue weighted by atomic mass is 32.2. The number of hydrogen-bond acceptors (Lipinski definition) is 4. The molecule has 1 unspecified atom stereocenters. The fourth-order valence-electron chi connectivity index (χ4n) is 2.89. The van der Waals surface area contributed by atoms with Gasteiger partial charge in [0.25, 0.3) is 0 Å². The van der Waals surface area contributed by atoms with Crippen LogP contribution in [0.25, 0.3) is 0 Å². The third kappa shape index (κ3) is 3.26. The number of carbonyl (C=O) groups is 1. The Hall–Kier alpha value is -1.45. The molecule has 9 heteroatoms. The quantitative estimate of drug-likeness (QED) is 0.765. The molecule has 1 fully saturated rings. The van der Waals surface area contributed by atoms with Crippen molar-refractivity contribution in [2.45, 2.75) is 37.1 Å². The summed E-state index contributed by atoms with van der Waals surface area (Å²) in [6.45, 7) is 2.45. The lowest BCUT2D eigenvalue weighted by Crippen LogP contribution is -2.61. The van der Waals surface area contributed by atoms with Crippen LogP contribution < -0.4 is 5.73 Å². The number of nitrogens with zero attached hydrogens (tertiary/aromatic N) is 2. The number of halogens is 1. The SMILES string of the molecule is CCOC(=O)c1c(F)c(S(=O)(=O)N2CCCCC2C[NH3+])cn1C. The Morgan fingerprint density at radius 2 is 2.17 bits per heavy atom. The van der Waals surface area contributed by atoms with Crippen LogP contribution in [0.4, 0.5) is 4.39 Å². The normalized spacial score (nSPS) is 19.7. The van der Waals surface area contributed by atoms with Gasteiger partial charge in [-0.1, -0.05) is 6.42 Å². The number of ether oxygens (including phenoxy) is 1. The van der Waals surface area contributed by atoms with Gasteiger partial charge in [0.05, 0.1) is 19.2 Å². The molecule has 2 rings (SSSR count). The van der Waals surface area contributed by atoms with Crippen molar-refractivity contribution >= 4 is 16.0 Å². The molecule has 0 bridgehead atoms. The van der Waals surface area contributed by atoms with Gasteiger partial charge < -0.3 is 15.0 Å². The minimum Gasteiger partial charge on any atom is -0.461 e. The van der Waals surface area contributed by atoms with E-state index >= 15 is 0 Å². The zero-order valence-electron chi connectivity index (χ0n) is 13.4. The zero-order chi connectivity index (χ0) is 17.2. The molecule has 1 aromatic heterocycles. The summed E-state index contributed by atoms with van der Waals surface area (Å²) in [4.78, 5) is 11.3. The largest absolute Gasteiger partial charge is 0.461 e. The molecule has 1 aliphatic rings. The predicted octanol–water partition coefficient (Wildman–Crippen LogP) is 0.126. The highest BCUT2D eigenvalue weighted by Crippen LogP contribution is 2.28. The first-order valence-corrected chi connectivity index (χ1v) is 9.11. The van der Waals surface area contributed by atoms with Crippen LogP contribution in [0.3, 0.4) is 0 Å². The van der Waals surface area contributed by atoms with Gasteiger partial charge in [-0.2, -0.15) is 4.31 Å². The summed E-state index contributed by atoms with van der Waals surface area (Å²) in [7, 11) is -2.59. The molecule has 3 N–H and O–H groups in total. The molecule has 0 amide bonds. The van der Waals surface area contributed by atoms with E-state index in [0.717, 1.165) is 23.6 Å². The first-order valence-electron chi connectivity index (χ1n) is 7.67. The molecule has 0 saturated carbocycles. The topological polar surface area (TPSA) is 96.2 Å². The van der Waals surface area contributed by atoms with Gasteiger partial charge in [-0.15, -0.1) is 0 Å². The van der Waals surface area contributed by atoms with Crippen LogP contribution in [-0.2, 0) is 21.8 Å². The van der Waals surface area contributed by atoms with Gasteiger partial charge in [-0.25, -0.2) is 17.6 Å². The Balaban J connectivity index is 2.44. The van der Waals surface area contributed by atoms with Crippen molar-refractivity contribution in [2.75, 3.05) is 19.7 Å². The van der Waals surface area contributed by atoms with Crippen molar-refractivity contribution in [3.63, 3.8) is 0 Å². The number of hydrogen-bond donors (Lipinski definition) is 1. The van der Waals surface area contributed by atoms with Crippen LogP contribution >= 0.6 is 0 Å². The van der Waals surface area contributed by atoms with Crippen LogP contribution in [0.2, 0.25) is 0 Å². The van der Waals surface area contributed by atoms with Crippen LogP contribution in [0.15, 0.2) is 11.1 Å². The maximum absolute atomic E-state index is 14.6. The second-order valence-electron chi connectivity index (χ2n) is 5.54. The van der Waals surface area contributed by atoms with Gasteiger partial charge in [0, 0.05) is 19.8 Å². The first kappa shape index (κ1) is 17.9. The molecule has 1 aliphatic heterocycles. The van der Waals surface area contributed by atoms with Crippen molar-refractivity contribution in [2.24, 2.45) is 7.05 Å². The van der Waals surface area contributed by atoms with Crippen LogP contribution in [0.5, 0.6) is 0 Å². The second kappa shape index (κ2) is 6.98. The minimum absolute atomic E-state index is 0.0846. The molecule has 1 atom stereocenters. The van der Waals surface area contributed by atoms with E-state index in [2.05, 4.69) is 5.73 Å². The van der Waals surface area contributed by atoms with Crippen molar-refractivity contribution in [1.82, 2.24) is 8.87 Å². The number of rotatable bonds is 5. The number of sulfonamides is 1. The fraction of sp³-hybridized carbons (Fsp3) is 0.643. The Morgan fingerprint density at radius 1 is 1.48 bits per heavy atom. The lowest BCUT2D eigenvalue weighted by Gasteiger charge is -2.32. The summed E-state index contributed by atoms with van der Waals surface area (Å²) in [5.74, 6) is -1.93. The predicted molar refractivity (Wildman–Crippen MR) is 80.6 cm³/mol. The standard InChI is InChI=1S/C14H22FN3O4S/c1-3-22-14(19)13-12(15)11(9-17(13)2)23(20,21)18-7-5-4-6-10(18)8-16/h9-10H,3-8,16H2,1-2H3/p+1. The molecule has 0 aromatic carbocycles. The molecule has 0 aliphatic carbocycles. The van der Waals surface area contributed by atoms with E-state index in [0.29, 0.717) is 19.5 Å². The van der Waals surface area contributed by atoms with Crippen molar-refractivity contribution < 1.29 is 28.1 Å². The third-order valence-corrected chi connectivity index (χ3v) is 5.99. The maximum atomic E-state index is 14.6. The highest BCUT2D eigenvalue weighted by molar-refractivity contribution is 7.89. The summed E-state index contributed by atoms with van der Waals surface area (Å²) >= 11 is 0. The lowest BCUT2D eigenvalue weighted by atomic mass is 10.1. The Labute approximate surface area is 135 Å². The van der Waals surface area contributed by atoms with Crippen LogP contribution in [0.1, 0.15) is 36.7 Å². The first-order chi connectivity index (χ1) is 10.8. The lowest BCUT2D eigenvalue weighted by molar-refractivity contribution is -0.377. The molecule has 1 aromatic rings. The highest BCUT2D eigenvalue weighted by Gasteiger charge is 2.38. The minimum atomic E-state index is -4.01. The third-order valence-electron chi connectivity index (χ3n) is 4.05. The zero-order valence-corrected chi connectivity index (χ0v) is 14.2. The van der Waals surface area contributed by atoms with Gasteiger partial charge >= 0.3 is 5.97 Å². The van der Waals surface area contributed by atoms with Crippen molar-refractivity contribution in [1.29, 1.82) is 0 Å². The number of esters is 1. The van der Waals surface area contributed by atoms with Crippen molar-refractivity contribution in [3.05, 3.63) is 17.7 Å². The van der Waals surface area contributed by atoms with E-state index in [1.807, 2.05) is 0 Å². The van der Waals surface area contributed by atoms with Gasteiger partial charge in [0.15, 0.2) is 11.5 Å². The van der Waals surface area contributed by atoms with Gasteiger partial charge in [0.1, 0.15) is 4.90 Å². The summed E-state index contributed by atoms with van der Waals surface area (Å²) < 4.78 is 47.5. The Morgan fingerprint density at radius 3 is 2.78 bits per heavy atom. The molecular weight excluding hydrogens is 325 g/mol. The van der Waals surface area contributed by atoms with Crippen molar-refractivity contribution in [3.8, 4) is 0 Å². The van der Waals surface area contributed by atoms with E-state index < -0.39 is 26.7 Å². The van der Waals surface area contributed by atoms with E-state index in [4.69, 9.17) is 4.74 Å². The monoisotopic (exact) mass is 348 g/mol. The summed E-state index contributed by atoms with van der Waals surface area (Å²) in [5, 5.41) is 0. The maximum Gasteiger partial charge on any atom is 0.358 e. The van der Waals surface area contributed by atoms with Crippen LogP contribution in [-0.4, -0.2) is 49.0 Å². The molecule has 23 heavy (non-hydrogen) atoms. The molecule has 0 spiro atoms. The van der Waals surface area contributed by atoms with E-state index in [-0.39, 0.29) is 18.3 Å². The van der Waals surface area contributed by atoms with E-state index in [9.17, 15) is 17.6 Å². The second-order valence-corrected chi connectivity index (χ2v) is 7.40. The average molecular weight is 348 g/mol. The molecule has 7 nitrogen and oxygen atoms in total. The number of carbonyl (C=O) groups excluding carboxylic acids is 1. The fourth-order valence-corrected chi connectivity index (χ4v) is 4.73. The summed E-state index contributed by atoms with van der Waals surface area (Å²) in [6.07, 6.45) is 3.50. The average Bonchev–Trinajstić information content (AvgIpc) is 2.83. The summed E-state index contributed by atoms with van der Waals surface area (Å²) in [5.41, 5.74) is 3.40. The number of aryl methyl sites for hydroxylation is 1.